The maximum atomic E-state index is 13.6. The molecule has 1 unspecified atom stereocenters. The molecule has 0 heterocycles. The number of fused-ring (bicyclic) bond motifs is 1. The number of nitrogens with two attached hydrogens (primary N) is 1. The van der Waals surface area contributed by atoms with Crippen LogP contribution in [0.4, 0.5) is 4.39 Å². The van der Waals surface area contributed by atoms with Crippen molar-refractivity contribution in [3.63, 3.8) is 0 Å². The molecule has 0 amide bonds. The standard InChI is InChI=1S/C11H14FNO/c1-14-8-5-7-3-2-4-10(13)11(7)9(12)6-8/h5-6,10H,2-4,13H2,1H3. The average molecular weight is 195 g/mol. The normalized spacial score (nSPS) is 20.4. The SMILES string of the molecule is COc1cc(F)c2c(c1)CCCC2N. The van der Waals surface area contributed by atoms with Gasteiger partial charge in [-0.15, -0.1) is 0 Å². The van der Waals surface area contributed by atoms with E-state index in [4.69, 9.17) is 10.5 Å². The van der Waals surface area contributed by atoms with Crippen LogP contribution in [0.25, 0.3) is 0 Å². The van der Waals surface area contributed by atoms with Crippen LogP contribution in [0.2, 0.25) is 0 Å². The minimum absolute atomic E-state index is 0.148. The molecule has 1 aliphatic rings. The van der Waals surface area contributed by atoms with Crippen LogP contribution < -0.4 is 10.5 Å². The van der Waals surface area contributed by atoms with Gasteiger partial charge in [-0.2, -0.15) is 0 Å². The van der Waals surface area contributed by atoms with Crippen LogP contribution in [0.5, 0.6) is 5.75 Å². The van der Waals surface area contributed by atoms with Crippen molar-refractivity contribution in [3.05, 3.63) is 29.1 Å². The molecule has 2 N–H and O–H groups in total. The number of benzene rings is 1. The molecular weight excluding hydrogens is 181 g/mol. The summed E-state index contributed by atoms with van der Waals surface area (Å²) in [5, 5.41) is 0. The summed E-state index contributed by atoms with van der Waals surface area (Å²) in [4.78, 5) is 0. The summed E-state index contributed by atoms with van der Waals surface area (Å²) < 4.78 is 18.6. The number of aryl methyl sites for hydroxylation is 1. The van der Waals surface area contributed by atoms with Crippen LogP contribution >= 0.6 is 0 Å². The topological polar surface area (TPSA) is 35.2 Å². The molecule has 0 saturated heterocycles. The van der Waals surface area contributed by atoms with E-state index in [1.807, 2.05) is 6.07 Å². The second-order valence-electron chi connectivity index (χ2n) is 3.68. The highest BCUT2D eigenvalue weighted by Crippen LogP contribution is 2.32. The molecule has 2 nitrogen and oxygen atoms in total. The maximum absolute atomic E-state index is 13.6. The number of ether oxygens (including phenoxy) is 1. The Morgan fingerprint density at radius 3 is 3.00 bits per heavy atom. The zero-order chi connectivity index (χ0) is 10.1. The summed E-state index contributed by atoms with van der Waals surface area (Å²) in [7, 11) is 1.55. The fourth-order valence-corrected chi connectivity index (χ4v) is 2.04. The average Bonchev–Trinajstić information content (AvgIpc) is 2.17. The van der Waals surface area contributed by atoms with Crippen molar-refractivity contribution in [2.45, 2.75) is 25.3 Å². The lowest BCUT2D eigenvalue weighted by Gasteiger charge is -2.23. The Balaban J connectivity index is 2.51. The van der Waals surface area contributed by atoms with Crippen LogP contribution in [0.1, 0.15) is 30.0 Å². The van der Waals surface area contributed by atoms with Gasteiger partial charge >= 0.3 is 0 Å². The van der Waals surface area contributed by atoms with E-state index >= 15 is 0 Å². The molecular formula is C11H14FNO. The van der Waals surface area contributed by atoms with Crippen LogP contribution in [0.15, 0.2) is 12.1 Å². The predicted molar refractivity (Wildman–Crippen MR) is 52.8 cm³/mol. The van der Waals surface area contributed by atoms with Gasteiger partial charge in [0.15, 0.2) is 0 Å². The van der Waals surface area contributed by atoms with E-state index in [1.165, 1.54) is 6.07 Å². The molecule has 1 aromatic carbocycles. The van der Waals surface area contributed by atoms with Gasteiger partial charge < -0.3 is 10.5 Å². The maximum Gasteiger partial charge on any atom is 0.131 e. The van der Waals surface area contributed by atoms with E-state index in [2.05, 4.69) is 0 Å². The number of hydrogen-bond donors (Lipinski definition) is 1. The third-order valence-electron chi connectivity index (χ3n) is 2.76. The molecule has 0 fully saturated rings. The largest absolute Gasteiger partial charge is 0.497 e. The van der Waals surface area contributed by atoms with Gasteiger partial charge in [0, 0.05) is 17.7 Å². The van der Waals surface area contributed by atoms with Gasteiger partial charge in [-0.25, -0.2) is 4.39 Å². The third-order valence-corrected chi connectivity index (χ3v) is 2.76. The first-order chi connectivity index (χ1) is 6.72. The van der Waals surface area contributed by atoms with Gasteiger partial charge in [-0.1, -0.05) is 0 Å². The van der Waals surface area contributed by atoms with E-state index < -0.39 is 0 Å². The number of methoxy groups -OCH3 is 1. The lowest BCUT2D eigenvalue weighted by molar-refractivity contribution is 0.407. The summed E-state index contributed by atoms with van der Waals surface area (Å²) >= 11 is 0. The van der Waals surface area contributed by atoms with E-state index in [0.717, 1.165) is 24.8 Å². The van der Waals surface area contributed by atoms with Gasteiger partial charge in [0.2, 0.25) is 0 Å². The summed E-state index contributed by atoms with van der Waals surface area (Å²) in [6.07, 6.45) is 2.80. The molecule has 2 rings (SSSR count). The third kappa shape index (κ3) is 1.48. The molecule has 3 heteroatoms. The summed E-state index contributed by atoms with van der Waals surface area (Å²) in [6, 6.07) is 3.14. The van der Waals surface area contributed by atoms with Gasteiger partial charge in [-0.05, 0) is 30.9 Å². The summed E-state index contributed by atoms with van der Waals surface area (Å²) in [5.41, 5.74) is 7.54. The molecule has 0 aromatic heterocycles. The first kappa shape index (κ1) is 9.46. The first-order valence-electron chi connectivity index (χ1n) is 4.84. The molecule has 0 aliphatic heterocycles. The first-order valence-corrected chi connectivity index (χ1v) is 4.84. The highest BCUT2D eigenvalue weighted by Gasteiger charge is 2.21. The molecule has 0 spiro atoms. The van der Waals surface area contributed by atoms with Gasteiger partial charge in [0.05, 0.1) is 7.11 Å². The van der Waals surface area contributed by atoms with Crippen molar-refractivity contribution >= 4 is 0 Å². The lowest BCUT2D eigenvalue weighted by atomic mass is 9.87. The van der Waals surface area contributed by atoms with Crippen LogP contribution in [-0.4, -0.2) is 7.11 Å². The van der Waals surface area contributed by atoms with Crippen molar-refractivity contribution in [2.75, 3.05) is 7.11 Å². The minimum atomic E-state index is -0.230. The minimum Gasteiger partial charge on any atom is -0.497 e. The van der Waals surface area contributed by atoms with Crippen LogP contribution in [0.3, 0.4) is 0 Å². The summed E-state index contributed by atoms with van der Waals surface area (Å²) in [5.74, 6) is 0.349. The van der Waals surface area contributed by atoms with Crippen molar-refractivity contribution < 1.29 is 9.13 Å². The lowest BCUT2D eigenvalue weighted by Crippen LogP contribution is -2.19. The molecule has 76 valence electrons. The zero-order valence-corrected chi connectivity index (χ0v) is 8.22. The van der Waals surface area contributed by atoms with Crippen molar-refractivity contribution in [1.82, 2.24) is 0 Å². The van der Waals surface area contributed by atoms with Crippen LogP contribution in [0, 0.1) is 5.82 Å². The number of hydrogen-bond acceptors (Lipinski definition) is 2. The summed E-state index contributed by atoms with van der Waals surface area (Å²) in [6.45, 7) is 0. The second-order valence-corrected chi connectivity index (χ2v) is 3.68. The second kappa shape index (κ2) is 3.58. The van der Waals surface area contributed by atoms with Gasteiger partial charge in [-0.3, -0.25) is 0 Å². The monoisotopic (exact) mass is 195 g/mol. The van der Waals surface area contributed by atoms with E-state index in [9.17, 15) is 4.39 Å². The van der Waals surface area contributed by atoms with Crippen LogP contribution in [-0.2, 0) is 6.42 Å². The molecule has 0 saturated carbocycles. The predicted octanol–water partition coefficient (Wildman–Crippen LogP) is 2.17. The fourth-order valence-electron chi connectivity index (χ4n) is 2.04. The van der Waals surface area contributed by atoms with Crippen molar-refractivity contribution in [2.24, 2.45) is 5.73 Å². The molecule has 0 radical (unpaired) electrons. The van der Waals surface area contributed by atoms with Crippen molar-refractivity contribution in [3.8, 4) is 5.75 Å². The quantitative estimate of drug-likeness (QED) is 0.745. The Morgan fingerprint density at radius 2 is 2.29 bits per heavy atom. The Labute approximate surface area is 82.9 Å². The van der Waals surface area contributed by atoms with E-state index in [-0.39, 0.29) is 11.9 Å². The fraction of sp³-hybridized carbons (Fsp3) is 0.455. The van der Waals surface area contributed by atoms with E-state index in [1.54, 1.807) is 7.11 Å². The Bertz CT molecular complexity index is 351. The number of halogens is 1. The Kier molecular flexibility index (Phi) is 2.42. The zero-order valence-electron chi connectivity index (χ0n) is 8.22. The molecule has 1 aromatic rings. The highest BCUT2D eigenvalue weighted by atomic mass is 19.1. The van der Waals surface area contributed by atoms with E-state index in [0.29, 0.717) is 11.3 Å². The highest BCUT2D eigenvalue weighted by molar-refractivity contribution is 5.40. The molecule has 14 heavy (non-hydrogen) atoms. The van der Waals surface area contributed by atoms with Gasteiger partial charge in [0.25, 0.3) is 0 Å². The van der Waals surface area contributed by atoms with Crippen molar-refractivity contribution in [1.29, 1.82) is 0 Å². The molecule has 1 atom stereocenters. The Hall–Kier alpha value is -1.09. The Morgan fingerprint density at radius 1 is 1.50 bits per heavy atom. The molecule has 0 bridgehead atoms. The smallest absolute Gasteiger partial charge is 0.131 e. The number of rotatable bonds is 1. The molecule has 1 aliphatic carbocycles. The van der Waals surface area contributed by atoms with Gasteiger partial charge in [0.1, 0.15) is 11.6 Å².